The second-order valence-electron chi connectivity index (χ2n) is 7.48. The number of amides is 1. The number of aryl methyl sites for hydroxylation is 1. The Morgan fingerprint density at radius 2 is 1.96 bits per heavy atom. The van der Waals surface area contributed by atoms with E-state index in [-0.39, 0.29) is 11.5 Å². The molecule has 0 radical (unpaired) electrons. The topological polar surface area (TPSA) is 100 Å². The fourth-order valence-electron chi connectivity index (χ4n) is 4.42. The first-order chi connectivity index (χ1) is 13.6. The summed E-state index contributed by atoms with van der Waals surface area (Å²) in [5.74, 6) is 1.59. The number of likely N-dealkylation sites (tertiary alicyclic amines) is 1. The number of aromatic amines is 1. The molecule has 5 heterocycles. The van der Waals surface area contributed by atoms with Crippen LogP contribution in [0.2, 0.25) is 0 Å². The highest BCUT2D eigenvalue weighted by molar-refractivity contribution is 5.94. The number of H-pyrrole nitrogens is 1. The number of imidazole rings is 1. The molecule has 0 spiro atoms. The molecule has 28 heavy (non-hydrogen) atoms. The number of nitrogens with zero attached hydrogens (tertiary/aromatic N) is 6. The molecular formula is C19H21N7O2. The van der Waals surface area contributed by atoms with Gasteiger partial charge < -0.3 is 19.4 Å². The summed E-state index contributed by atoms with van der Waals surface area (Å²) >= 11 is 0. The molecule has 2 aliphatic rings. The summed E-state index contributed by atoms with van der Waals surface area (Å²) in [6.07, 6.45) is 4.92. The molecule has 9 nitrogen and oxygen atoms in total. The van der Waals surface area contributed by atoms with Crippen molar-refractivity contribution in [2.45, 2.75) is 13.5 Å². The third-order valence-corrected chi connectivity index (χ3v) is 5.82. The smallest absolute Gasteiger partial charge is 0.254 e. The first-order valence-corrected chi connectivity index (χ1v) is 9.53. The molecule has 3 aromatic rings. The molecule has 2 aliphatic heterocycles. The second-order valence-corrected chi connectivity index (χ2v) is 7.48. The maximum absolute atomic E-state index is 12.7. The van der Waals surface area contributed by atoms with Crippen LogP contribution >= 0.6 is 0 Å². The van der Waals surface area contributed by atoms with Gasteiger partial charge in [0.05, 0.1) is 6.33 Å². The Kier molecular flexibility index (Phi) is 3.88. The normalized spacial score (nSPS) is 21.5. The number of pyridine rings is 1. The summed E-state index contributed by atoms with van der Waals surface area (Å²) < 4.78 is 2.01. The summed E-state index contributed by atoms with van der Waals surface area (Å²) in [5.41, 5.74) is 1.88. The third kappa shape index (κ3) is 2.65. The number of carbonyl (C=O) groups excluding carboxylic acids is 1. The minimum atomic E-state index is -0.254. The summed E-state index contributed by atoms with van der Waals surface area (Å²) in [5, 5.41) is 0. The number of hydrogen-bond acceptors (Lipinski definition) is 6. The fourth-order valence-corrected chi connectivity index (χ4v) is 4.42. The fraction of sp³-hybridized carbons (Fsp3) is 0.421. The minimum absolute atomic E-state index is 0.0711. The number of fused-ring (bicyclic) bond motifs is 2. The van der Waals surface area contributed by atoms with E-state index in [1.165, 1.54) is 12.3 Å². The average molecular weight is 379 g/mol. The van der Waals surface area contributed by atoms with Crippen molar-refractivity contribution in [3.05, 3.63) is 46.9 Å². The zero-order chi connectivity index (χ0) is 19.3. The highest BCUT2D eigenvalue weighted by Gasteiger charge is 2.42. The standard InChI is InChI=1S/C19H21N7O2/c1-2-24-11-23-16-17(24)21-10-22-18(16)25-6-13-8-26(9-14(13)7-25)19(28)12-3-4-20-15(27)5-12/h3-5,10-11,13-14H,2,6-9H2,1H3,(H,20,27). The van der Waals surface area contributed by atoms with Crippen LogP contribution in [0.25, 0.3) is 11.2 Å². The Hall–Kier alpha value is -3.23. The summed E-state index contributed by atoms with van der Waals surface area (Å²) in [7, 11) is 0. The van der Waals surface area contributed by atoms with E-state index in [0.29, 0.717) is 30.5 Å². The second kappa shape index (κ2) is 6.43. The van der Waals surface area contributed by atoms with E-state index < -0.39 is 0 Å². The molecule has 0 aliphatic carbocycles. The Balaban J connectivity index is 1.33. The predicted molar refractivity (Wildman–Crippen MR) is 103 cm³/mol. The zero-order valence-corrected chi connectivity index (χ0v) is 15.6. The largest absolute Gasteiger partial charge is 0.354 e. The van der Waals surface area contributed by atoms with Gasteiger partial charge in [-0.1, -0.05) is 0 Å². The maximum atomic E-state index is 12.7. The van der Waals surface area contributed by atoms with E-state index in [1.807, 2.05) is 15.8 Å². The van der Waals surface area contributed by atoms with Gasteiger partial charge in [-0.2, -0.15) is 0 Å². The van der Waals surface area contributed by atoms with E-state index in [0.717, 1.165) is 36.6 Å². The van der Waals surface area contributed by atoms with E-state index in [4.69, 9.17) is 0 Å². The van der Waals surface area contributed by atoms with Crippen LogP contribution in [0.15, 0.2) is 35.8 Å². The number of hydrogen-bond donors (Lipinski definition) is 1. The Morgan fingerprint density at radius 1 is 1.18 bits per heavy atom. The van der Waals surface area contributed by atoms with Gasteiger partial charge >= 0.3 is 0 Å². The van der Waals surface area contributed by atoms with Crippen LogP contribution in [0.3, 0.4) is 0 Å². The minimum Gasteiger partial charge on any atom is -0.354 e. The molecule has 0 saturated carbocycles. The van der Waals surface area contributed by atoms with Gasteiger partial charge in [-0.15, -0.1) is 0 Å². The number of nitrogens with one attached hydrogen (secondary N) is 1. The zero-order valence-electron chi connectivity index (χ0n) is 15.6. The molecule has 2 atom stereocenters. The molecular weight excluding hydrogens is 358 g/mol. The first-order valence-electron chi connectivity index (χ1n) is 9.53. The van der Waals surface area contributed by atoms with Gasteiger partial charge in [-0.05, 0) is 13.0 Å². The van der Waals surface area contributed by atoms with Crippen LogP contribution in [0, 0.1) is 11.8 Å². The molecule has 144 valence electrons. The van der Waals surface area contributed by atoms with Crippen molar-refractivity contribution in [1.29, 1.82) is 0 Å². The molecule has 0 bridgehead atoms. The van der Waals surface area contributed by atoms with E-state index in [2.05, 4.69) is 31.8 Å². The summed E-state index contributed by atoms with van der Waals surface area (Å²) in [4.78, 5) is 44.3. The number of aromatic nitrogens is 5. The molecule has 3 aromatic heterocycles. The lowest BCUT2D eigenvalue weighted by Gasteiger charge is -2.22. The van der Waals surface area contributed by atoms with Crippen LogP contribution in [-0.2, 0) is 6.54 Å². The van der Waals surface area contributed by atoms with Crippen LogP contribution in [0.5, 0.6) is 0 Å². The predicted octanol–water partition coefficient (Wildman–Crippen LogP) is 0.743. The molecule has 1 N–H and O–H groups in total. The van der Waals surface area contributed by atoms with Gasteiger partial charge in [0, 0.05) is 62.4 Å². The van der Waals surface area contributed by atoms with Crippen molar-refractivity contribution < 1.29 is 4.79 Å². The highest BCUT2D eigenvalue weighted by Crippen LogP contribution is 2.35. The van der Waals surface area contributed by atoms with Crippen molar-refractivity contribution in [1.82, 2.24) is 29.4 Å². The highest BCUT2D eigenvalue weighted by atomic mass is 16.2. The van der Waals surface area contributed by atoms with Crippen LogP contribution in [-0.4, -0.2) is 61.5 Å². The molecule has 2 unspecified atom stereocenters. The summed E-state index contributed by atoms with van der Waals surface area (Å²) in [6, 6.07) is 3.02. The van der Waals surface area contributed by atoms with Crippen LogP contribution in [0.4, 0.5) is 5.82 Å². The van der Waals surface area contributed by atoms with Gasteiger partial charge in [-0.25, -0.2) is 15.0 Å². The third-order valence-electron chi connectivity index (χ3n) is 5.82. The summed E-state index contributed by atoms with van der Waals surface area (Å²) in [6.45, 7) is 5.96. The van der Waals surface area contributed by atoms with Crippen molar-refractivity contribution >= 4 is 22.9 Å². The molecule has 1 amide bonds. The number of anilines is 1. The number of carbonyl (C=O) groups is 1. The average Bonchev–Trinajstić information content (AvgIpc) is 3.39. The molecule has 2 saturated heterocycles. The quantitative estimate of drug-likeness (QED) is 0.721. The van der Waals surface area contributed by atoms with E-state index >= 15 is 0 Å². The van der Waals surface area contributed by atoms with Crippen LogP contribution < -0.4 is 10.5 Å². The van der Waals surface area contributed by atoms with Gasteiger partial charge in [0.25, 0.3) is 5.91 Å². The molecule has 5 rings (SSSR count). The van der Waals surface area contributed by atoms with Crippen molar-refractivity contribution in [3.8, 4) is 0 Å². The van der Waals surface area contributed by atoms with Gasteiger partial charge in [0.1, 0.15) is 6.33 Å². The Morgan fingerprint density at radius 3 is 2.68 bits per heavy atom. The van der Waals surface area contributed by atoms with Gasteiger partial charge in [0.2, 0.25) is 5.56 Å². The van der Waals surface area contributed by atoms with Gasteiger partial charge in [0.15, 0.2) is 17.0 Å². The first kappa shape index (κ1) is 16.9. The monoisotopic (exact) mass is 379 g/mol. The lowest BCUT2D eigenvalue weighted by Crippen LogP contribution is -2.34. The van der Waals surface area contributed by atoms with E-state index in [9.17, 15) is 9.59 Å². The maximum Gasteiger partial charge on any atom is 0.254 e. The Labute approximate surface area is 161 Å². The van der Waals surface area contributed by atoms with Crippen molar-refractivity contribution in [2.24, 2.45) is 11.8 Å². The van der Waals surface area contributed by atoms with E-state index in [1.54, 1.807) is 12.4 Å². The lowest BCUT2D eigenvalue weighted by atomic mass is 10.0. The lowest BCUT2D eigenvalue weighted by molar-refractivity contribution is 0.0782. The molecule has 0 aromatic carbocycles. The van der Waals surface area contributed by atoms with Gasteiger partial charge in [-0.3, -0.25) is 9.59 Å². The van der Waals surface area contributed by atoms with Crippen LogP contribution in [0.1, 0.15) is 17.3 Å². The SMILES string of the molecule is CCn1cnc2c(N3CC4CN(C(=O)c5cc[nH]c(=O)c5)CC4C3)ncnc21. The van der Waals surface area contributed by atoms with Crippen molar-refractivity contribution in [2.75, 3.05) is 31.1 Å². The number of rotatable bonds is 3. The molecule has 2 fully saturated rings. The van der Waals surface area contributed by atoms with Crippen molar-refractivity contribution in [3.63, 3.8) is 0 Å². The molecule has 9 heteroatoms. The Bertz CT molecular complexity index is 1090.